The molecule has 1 aliphatic rings. The molecule has 3 heterocycles. The number of hydrogen-bond acceptors (Lipinski definition) is 4. The summed E-state index contributed by atoms with van der Waals surface area (Å²) in [4.78, 5) is 2.38. The third-order valence-electron chi connectivity index (χ3n) is 9.05. The summed E-state index contributed by atoms with van der Waals surface area (Å²) in [6, 6.07) is 44.6. The van der Waals surface area contributed by atoms with Crippen LogP contribution < -0.4 is 10.2 Å². The van der Waals surface area contributed by atoms with Crippen LogP contribution in [0, 0.1) is 0 Å². The van der Waals surface area contributed by atoms with E-state index < -0.39 is 0 Å². The van der Waals surface area contributed by atoms with E-state index in [1.165, 1.54) is 11.1 Å². The van der Waals surface area contributed by atoms with Gasteiger partial charge in [0.25, 0.3) is 0 Å². The van der Waals surface area contributed by atoms with Crippen LogP contribution in [0.3, 0.4) is 0 Å². The summed E-state index contributed by atoms with van der Waals surface area (Å²) in [7, 11) is 0. The van der Waals surface area contributed by atoms with Gasteiger partial charge in [0, 0.05) is 33.2 Å². The van der Waals surface area contributed by atoms with Gasteiger partial charge in [-0.25, -0.2) is 0 Å². The summed E-state index contributed by atoms with van der Waals surface area (Å²) in [6.07, 6.45) is 0. The minimum absolute atomic E-state index is 0.193. The van der Waals surface area contributed by atoms with Gasteiger partial charge in [-0.3, -0.25) is 0 Å². The Morgan fingerprint density at radius 1 is 0.512 bits per heavy atom. The third kappa shape index (κ3) is 3.44. The molecule has 0 fully saturated rings. The van der Waals surface area contributed by atoms with E-state index in [-0.39, 0.29) is 5.41 Å². The molecule has 8 aromatic rings. The average molecular weight is 557 g/mol. The van der Waals surface area contributed by atoms with Crippen LogP contribution in [-0.4, -0.2) is 0 Å². The zero-order chi connectivity index (χ0) is 28.7. The highest BCUT2D eigenvalue weighted by atomic mass is 16.3. The lowest BCUT2D eigenvalue weighted by molar-refractivity contribution is 0.638. The van der Waals surface area contributed by atoms with Gasteiger partial charge in [-0.1, -0.05) is 80.6 Å². The standard InChI is InChI=1S/C39H28N2O2/c1-39(2)27-13-5-6-14-29(27)40-30-22-21-24(23-28(30)39)41(31-15-9-19-35-37(31)25-11-3-7-17-33(25)42-35)32-16-10-20-36-38(32)26-12-4-8-18-34(26)43-36/h3-23,40H,1-2H3. The van der Waals surface area contributed by atoms with Crippen LogP contribution in [-0.2, 0) is 5.41 Å². The van der Waals surface area contributed by atoms with Crippen molar-refractivity contribution in [1.29, 1.82) is 0 Å². The smallest absolute Gasteiger partial charge is 0.137 e. The van der Waals surface area contributed by atoms with Crippen molar-refractivity contribution in [2.75, 3.05) is 10.2 Å². The van der Waals surface area contributed by atoms with Crippen molar-refractivity contribution in [3.63, 3.8) is 0 Å². The highest BCUT2D eigenvalue weighted by Crippen LogP contribution is 2.50. The Bertz CT molecular complexity index is 2260. The molecule has 0 radical (unpaired) electrons. The van der Waals surface area contributed by atoms with Crippen molar-refractivity contribution in [2.45, 2.75) is 19.3 Å². The molecule has 0 unspecified atom stereocenters. The van der Waals surface area contributed by atoms with Crippen molar-refractivity contribution >= 4 is 72.3 Å². The van der Waals surface area contributed by atoms with Crippen LogP contribution in [0.1, 0.15) is 25.0 Å². The first-order chi connectivity index (χ1) is 21.1. The number of nitrogens with one attached hydrogen (secondary N) is 1. The second-order valence-electron chi connectivity index (χ2n) is 11.9. The molecule has 2 aromatic heterocycles. The van der Waals surface area contributed by atoms with E-state index in [1.807, 2.05) is 24.3 Å². The lowest BCUT2D eigenvalue weighted by Crippen LogP contribution is -2.26. The number of fused-ring (bicyclic) bond motifs is 8. The Morgan fingerprint density at radius 3 is 1.70 bits per heavy atom. The molecule has 0 aliphatic carbocycles. The first-order valence-corrected chi connectivity index (χ1v) is 14.7. The maximum absolute atomic E-state index is 6.37. The molecule has 1 N–H and O–H groups in total. The first-order valence-electron chi connectivity index (χ1n) is 14.7. The first kappa shape index (κ1) is 24.2. The minimum Gasteiger partial charge on any atom is -0.456 e. The van der Waals surface area contributed by atoms with Crippen LogP contribution in [0.5, 0.6) is 0 Å². The molecule has 206 valence electrons. The molecule has 6 aromatic carbocycles. The summed E-state index contributed by atoms with van der Waals surface area (Å²) >= 11 is 0. The van der Waals surface area contributed by atoms with Gasteiger partial charge in [0.1, 0.15) is 22.3 Å². The van der Waals surface area contributed by atoms with Gasteiger partial charge < -0.3 is 19.1 Å². The molecule has 4 heteroatoms. The van der Waals surface area contributed by atoms with Crippen LogP contribution in [0.2, 0.25) is 0 Å². The van der Waals surface area contributed by atoms with Gasteiger partial charge in [0.05, 0.1) is 22.1 Å². The van der Waals surface area contributed by atoms with Crippen LogP contribution >= 0.6 is 0 Å². The predicted molar refractivity (Wildman–Crippen MR) is 178 cm³/mol. The SMILES string of the molecule is CC1(C)c2ccccc2Nc2ccc(N(c3cccc4oc5ccccc5c34)c3cccc4oc5ccccc5c34)cc21. The topological polar surface area (TPSA) is 41.5 Å². The second-order valence-corrected chi connectivity index (χ2v) is 11.9. The van der Waals surface area contributed by atoms with Crippen molar-refractivity contribution in [3.8, 4) is 0 Å². The molecule has 43 heavy (non-hydrogen) atoms. The van der Waals surface area contributed by atoms with Crippen molar-refractivity contribution < 1.29 is 8.83 Å². The largest absolute Gasteiger partial charge is 0.456 e. The molecule has 0 spiro atoms. The maximum atomic E-state index is 6.37. The number of benzene rings is 6. The number of anilines is 5. The predicted octanol–water partition coefficient (Wildman–Crippen LogP) is 11.3. The fourth-order valence-corrected chi connectivity index (χ4v) is 7.02. The van der Waals surface area contributed by atoms with Gasteiger partial charge in [-0.15, -0.1) is 0 Å². The molecule has 0 bridgehead atoms. The molecule has 4 nitrogen and oxygen atoms in total. The molecule has 0 amide bonds. The Morgan fingerprint density at radius 2 is 1.05 bits per heavy atom. The summed E-state index contributed by atoms with van der Waals surface area (Å²) in [5.41, 5.74) is 11.3. The van der Waals surface area contributed by atoms with Crippen LogP contribution in [0.25, 0.3) is 43.9 Å². The number of rotatable bonds is 3. The molecule has 9 rings (SSSR count). The van der Waals surface area contributed by atoms with E-state index in [9.17, 15) is 0 Å². The number of nitrogens with zero attached hydrogens (tertiary/aromatic N) is 1. The maximum Gasteiger partial charge on any atom is 0.137 e. The summed E-state index contributed by atoms with van der Waals surface area (Å²) in [5.74, 6) is 0. The number of para-hydroxylation sites is 3. The third-order valence-corrected chi connectivity index (χ3v) is 9.05. The van der Waals surface area contributed by atoms with Crippen molar-refractivity contribution in [2.24, 2.45) is 0 Å². The molecule has 1 aliphatic heterocycles. The van der Waals surface area contributed by atoms with E-state index in [2.05, 4.69) is 127 Å². The Kier molecular flexibility index (Phi) is 4.92. The van der Waals surface area contributed by atoms with Crippen molar-refractivity contribution in [1.82, 2.24) is 0 Å². The minimum atomic E-state index is -0.193. The van der Waals surface area contributed by atoms with E-state index in [1.54, 1.807) is 0 Å². The fraction of sp³-hybridized carbons (Fsp3) is 0.0769. The molecule has 0 atom stereocenters. The quantitative estimate of drug-likeness (QED) is 0.235. The summed E-state index contributed by atoms with van der Waals surface area (Å²) in [6.45, 7) is 4.63. The van der Waals surface area contributed by atoms with Crippen LogP contribution in [0.4, 0.5) is 28.4 Å². The Balaban J connectivity index is 1.37. The molecular weight excluding hydrogens is 528 g/mol. The normalized spacial score (nSPS) is 13.7. The average Bonchev–Trinajstić information content (AvgIpc) is 3.61. The molecule has 0 saturated carbocycles. The molecule has 0 saturated heterocycles. The van der Waals surface area contributed by atoms with Crippen molar-refractivity contribution in [3.05, 3.63) is 139 Å². The van der Waals surface area contributed by atoms with Gasteiger partial charge in [0.15, 0.2) is 0 Å². The van der Waals surface area contributed by atoms with E-state index in [0.717, 1.165) is 72.3 Å². The Labute approximate surface area is 248 Å². The van der Waals surface area contributed by atoms with E-state index >= 15 is 0 Å². The van der Waals surface area contributed by atoms with E-state index in [4.69, 9.17) is 8.83 Å². The fourth-order valence-electron chi connectivity index (χ4n) is 7.02. The zero-order valence-corrected chi connectivity index (χ0v) is 23.9. The second kappa shape index (κ2) is 8.76. The Hall–Kier alpha value is -5.48. The highest BCUT2D eigenvalue weighted by Gasteiger charge is 2.33. The molecular formula is C39H28N2O2. The van der Waals surface area contributed by atoms with E-state index in [0.29, 0.717) is 0 Å². The van der Waals surface area contributed by atoms with Gasteiger partial charge in [0.2, 0.25) is 0 Å². The summed E-state index contributed by atoms with van der Waals surface area (Å²) in [5, 5.41) is 8.05. The zero-order valence-electron chi connectivity index (χ0n) is 23.9. The lowest BCUT2D eigenvalue weighted by Gasteiger charge is -2.37. The number of hydrogen-bond donors (Lipinski definition) is 1. The monoisotopic (exact) mass is 556 g/mol. The summed E-state index contributed by atoms with van der Waals surface area (Å²) < 4.78 is 12.7. The van der Waals surface area contributed by atoms with Gasteiger partial charge in [-0.05, 0) is 71.8 Å². The lowest BCUT2D eigenvalue weighted by atomic mass is 9.74. The van der Waals surface area contributed by atoms with Gasteiger partial charge >= 0.3 is 0 Å². The van der Waals surface area contributed by atoms with Gasteiger partial charge in [-0.2, -0.15) is 0 Å². The van der Waals surface area contributed by atoms with Crippen LogP contribution in [0.15, 0.2) is 136 Å². The highest BCUT2D eigenvalue weighted by molar-refractivity contribution is 6.17. The number of furan rings is 2.